The summed E-state index contributed by atoms with van der Waals surface area (Å²) in [4.78, 5) is 70.2. The number of anilines is 2. The average molecular weight is 577 g/mol. The Morgan fingerprint density at radius 1 is 0.814 bits per heavy atom. The van der Waals surface area contributed by atoms with Gasteiger partial charge in [-0.1, -0.05) is 48.0 Å². The molecule has 3 aromatic rings. The SMILES string of the molecule is CC12C(=O)N(c3ccccc3)C(=O)C1CC1C(=CCC3C(=O)N(c4cccc(C(=O)O)c4)C(=O)C31)C2c1ccc(O)cc1. The number of amides is 4. The number of carboxylic acids is 1. The van der Waals surface area contributed by atoms with E-state index in [1.807, 2.05) is 19.1 Å². The van der Waals surface area contributed by atoms with E-state index in [0.29, 0.717) is 5.69 Å². The van der Waals surface area contributed by atoms with Crippen molar-refractivity contribution in [3.63, 3.8) is 0 Å². The van der Waals surface area contributed by atoms with Crippen LogP contribution in [0.5, 0.6) is 5.75 Å². The average Bonchev–Trinajstić information content (AvgIpc) is 3.37. The molecular weight excluding hydrogens is 548 g/mol. The van der Waals surface area contributed by atoms with Gasteiger partial charge >= 0.3 is 5.97 Å². The monoisotopic (exact) mass is 576 g/mol. The van der Waals surface area contributed by atoms with E-state index in [2.05, 4.69) is 0 Å². The summed E-state index contributed by atoms with van der Waals surface area (Å²) in [6, 6.07) is 21.1. The normalized spacial score (nSPS) is 29.7. The number of imide groups is 2. The van der Waals surface area contributed by atoms with E-state index < -0.39 is 52.8 Å². The molecule has 9 nitrogen and oxygen atoms in total. The molecule has 2 heterocycles. The van der Waals surface area contributed by atoms with Crippen molar-refractivity contribution < 1.29 is 34.2 Å². The smallest absolute Gasteiger partial charge is 0.335 e. The number of allylic oxidation sites excluding steroid dienone is 2. The molecule has 2 aliphatic carbocycles. The zero-order valence-electron chi connectivity index (χ0n) is 23.2. The molecule has 0 aromatic heterocycles. The summed E-state index contributed by atoms with van der Waals surface area (Å²) >= 11 is 0. The van der Waals surface area contributed by atoms with Crippen molar-refractivity contribution in [1.82, 2.24) is 0 Å². The highest BCUT2D eigenvalue weighted by Gasteiger charge is 2.67. The fourth-order valence-electron chi connectivity index (χ4n) is 7.92. The van der Waals surface area contributed by atoms with E-state index in [1.54, 1.807) is 54.6 Å². The highest BCUT2D eigenvalue weighted by Crippen LogP contribution is 2.63. The molecule has 6 unspecified atom stereocenters. The van der Waals surface area contributed by atoms with E-state index in [-0.39, 0.29) is 41.7 Å². The van der Waals surface area contributed by atoms with Crippen LogP contribution in [0.4, 0.5) is 11.4 Å². The second-order valence-electron chi connectivity index (χ2n) is 12.0. The lowest BCUT2D eigenvalue weighted by atomic mass is 9.51. The van der Waals surface area contributed by atoms with E-state index in [1.165, 1.54) is 23.1 Å². The molecule has 7 rings (SSSR count). The van der Waals surface area contributed by atoms with Crippen molar-refractivity contribution in [3.05, 3.63) is 102 Å². The van der Waals surface area contributed by atoms with Gasteiger partial charge in [0.1, 0.15) is 5.75 Å². The number of carbonyl (C=O) groups is 5. The van der Waals surface area contributed by atoms with Crippen LogP contribution in [0.15, 0.2) is 90.5 Å². The lowest BCUT2D eigenvalue weighted by Crippen LogP contribution is -2.48. The van der Waals surface area contributed by atoms with Gasteiger partial charge in [-0.05, 0) is 73.7 Å². The maximum absolute atomic E-state index is 14.3. The van der Waals surface area contributed by atoms with Crippen LogP contribution in [0, 0.1) is 29.1 Å². The third-order valence-electron chi connectivity index (χ3n) is 9.87. The Bertz CT molecular complexity index is 1750. The van der Waals surface area contributed by atoms with Crippen LogP contribution in [0.2, 0.25) is 0 Å². The first-order valence-corrected chi connectivity index (χ1v) is 14.3. The second-order valence-corrected chi connectivity index (χ2v) is 12.0. The zero-order valence-corrected chi connectivity index (χ0v) is 23.2. The summed E-state index contributed by atoms with van der Waals surface area (Å²) in [6.07, 6.45) is 2.44. The fourth-order valence-corrected chi connectivity index (χ4v) is 7.92. The van der Waals surface area contributed by atoms with E-state index in [0.717, 1.165) is 16.0 Å². The number of hydrogen-bond acceptors (Lipinski definition) is 6. The van der Waals surface area contributed by atoms with Crippen molar-refractivity contribution in [2.75, 3.05) is 9.80 Å². The van der Waals surface area contributed by atoms with Crippen molar-refractivity contribution >= 4 is 41.0 Å². The number of rotatable bonds is 4. The molecule has 2 saturated heterocycles. The molecule has 3 fully saturated rings. The number of nitrogens with zero attached hydrogens (tertiary/aromatic N) is 2. The van der Waals surface area contributed by atoms with Crippen molar-refractivity contribution in [1.29, 1.82) is 0 Å². The molecule has 6 atom stereocenters. The Morgan fingerprint density at radius 2 is 1.51 bits per heavy atom. The molecule has 3 aromatic carbocycles. The minimum atomic E-state index is -1.17. The Labute approximate surface area is 247 Å². The van der Waals surface area contributed by atoms with Crippen LogP contribution in [0.1, 0.15) is 41.6 Å². The molecule has 4 aliphatic rings. The molecule has 9 heteroatoms. The Balaban J connectivity index is 1.35. The number of aromatic hydroxyl groups is 1. The summed E-state index contributed by atoms with van der Waals surface area (Å²) < 4.78 is 0. The number of phenols is 1. The van der Waals surface area contributed by atoms with Gasteiger partial charge in [0.05, 0.1) is 40.1 Å². The molecule has 4 amide bonds. The van der Waals surface area contributed by atoms with Gasteiger partial charge in [0.25, 0.3) is 0 Å². The van der Waals surface area contributed by atoms with Gasteiger partial charge in [0, 0.05) is 5.92 Å². The van der Waals surface area contributed by atoms with E-state index >= 15 is 0 Å². The summed E-state index contributed by atoms with van der Waals surface area (Å²) in [5.74, 6) is -5.87. The van der Waals surface area contributed by atoms with Crippen LogP contribution >= 0.6 is 0 Å². The van der Waals surface area contributed by atoms with Crippen molar-refractivity contribution in [3.8, 4) is 5.75 Å². The van der Waals surface area contributed by atoms with Crippen LogP contribution in [-0.4, -0.2) is 39.8 Å². The minimum Gasteiger partial charge on any atom is -0.508 e. The number of phenolic OH excluding ortho intramolecular Hbond substituents is 1. The maximum atomic E-state index is 14.3. The summed E-state index contributed by atoms with van der Waals surface area (Å²) in [5, 5.41) is 19.5. The predicted molar refractivity (Wildman–Crippen MR) is 155 cm³/mol. The molecule has 2 aliphatic heterocycles. The van der Waals surface area contributed by atoms with E-state index in [9.17, 15) is 34.2 Å². The van der Waals surface area contributed by atoms with Gasteiger partial charge in [-0.2, -0.15) is 0 Å². The zero-order chi connectivity index (χ0) is 30.2. The van der Waals surface area contributed by atoms with Crippen LogP contribution < -0.4 is 9.80 Å². The van der Waals surface area contributed by atoms with Gasteiger partial charge in [-0.25, -0.2) is 9.69 Å². The minimum absolute atomic E-state index is 0.0383. The Kier molecular flexibility index (Phi) is 5.92. The molecule has 43 heavy (non-hydrogen) atoms. The number of carbonyl (C=O) groups excluding carboxylic acids is 4. The first kappa shape index (κ1) is 26.8. The number of hydrogen-bond donors (Lipinski definition) is 2. The lowest BCUT2D eigenvalue weighted by Gasteiger charge is -2.49. The Morgan fingerprint density at radius 3 is 2.21 bits per heavy atom. The van der Waals surface area contributed by atoms with Gasteiger partial charge in [0.2, 0.25) is 23.6 Å². The van der Waals surface area contributed by atoms with Crippen LogP contribution in [0.25, 0.3) is 0 Å². The predicted octanol–water partition coefficient (Wildman–Crippen LogP) is 4.53. The van der Waals surface area contributed by atoms with Crippen molar-refractivity contribution in [2.24, 2.45) is 29.1 Å². The molecule has 2 N–H and O–H groups in total. The summed E-state index contributed by atoms with van der Waals surface area (Å²) in [6.45, 7) is 1.81. The van der Waals surface area contributed by atoms with Gasteiger partial charge in [-0.3, -0.25) is 24.1 Å². The van der Waals surface area contributed by atoms with Crippen LogP contribution in [0.3, 0.4) is 0 Å². The number of aromatic carboxylic acids is 1. The lowest BCUT2D eigenvalue weighted by molar-refractivity contribution is -0.131. The first-order chi connectivity index (χ1) is 20.6. The maximum Gasteiger partial charge on any atom is 0.335 e. The third kappa shape index (κ3) is 3.73. The quantitative estimate of drug-likeness (QED) is 0.345. The van der Waals surface area contributed by atoms with Gasteiger partial charge < -0.3 is 10.2 Å². The Hall–Kier alpha value is -5.05. The highest BCUT2D eigenvalue weighted by atomic mass is 16.4. The van der Waals surface area contributed by atoms with Crippen LogP contribution in [-0.2, 0) is 19.2 Å². The molecule has 0 spiro atoms. The second kappa shape index (κ2) is 9.49. The first-order valence-electron chi connectivity index (χ1n) is 14.3. The summed E-state index contributed by atoms with van der Waals surface area (Å²) in [5.41, 5.74) is 1.04. The van der Waals surface area contributed by atoms with Crippen molar-refractivity contribution in [2.45, 2.75) is 25.7 Å². The largest absolute Gasteiger partial charge is 0.508 e. The van der Waals surface area contributed by atoms with Gasteiger partial charge in [0.15, 0.2) is 0 Å². The number of carboxylic acid groups (broad SMARTS) is 1. The molecule has 0 bridgehead atoms. The molecule has 1 saturated carbocycles. The topological polar surface area (TPSA) is 132 Å². The number of fused-ring (bicyclic) bond motifs is 4. The molecule has 216 valence electrons. The number of benzene rings is 3. The fraction of sp³-hybridized carbons (Fsp3) is 0.265. The highest BCUT2D eigenvalue weighted by molar-refractivity contribution is 6.25. The summed E-state index contributed by atoms with van der Waals surface area (Å²) in [7, 11) is 0. The molecular formula is C34H28N2O7. The molecule has 0 radical (unpaired) electrons. The van der Waals surface area contributed by atoms with Gasteiger partial charge in [-0.15, -0.1) is 0 Å². The van der Waals surface area contributed by atoms with E-state index in [4.69, 9.17) is 0 Å². The third-order valence-corrected chi connectivity index (χ3v) is 9.87. The standard InChI is InChI=1S/C34H28N2O7/c1-34-26(30(39)36(33(34)43)20-7-3-2-4-8-20)17-25-23(28(34)18-10-12-22(37)13-11-18)14-15-24-27(25)31(40)35(29(24)38)21-9-5-6-19(16-21)32(41)42/h2-14,16,24-28,37H,15,17H2,1H3,(H,41,42). The number of para-hydroxylation sites is 1.